The van der Waals surface area contributed by atoms with Crippen LogP contribution in [0.15, 0.2) is 53.5 Å². The molecule has 2 aromatic heterocycles. The average molecular weight is 393 g/mol. The van der Waals surface area contributed by atoms with E-state index in [-0.39, 0.29) is 24.1 Å². The fourth-order valence-corrected chi connectivity index (χ4v) is 4.09. The van der Waals surface area contributed by atoms with Gasteiger partial charge in [-0.25, -0.2) is 9.37 Å². The highest BCUT2D eigenvalue weighted by atomic mass is 19.1. The summed E-state index contributed by atoms with van der Waals surface area (Å²) in [6.45, 7) is 2.14. The monoisotopic (exact) mass is 393 g/mol. The molecule has 0 aliphatic heterocycles. The zero-order valence-corrected chi connectivity index (χ0v) is 16.4. The van der Waals surface area contributed by atoms with Crippen LogP contribution in [0.25, 0.3) is 11.0 Å². The lowest BCUT2D eigenvalue weighted by Crippen LogP contribution is -2.43. The minimum Gasteiger partial charge on any atom is -0.349 e. The number of benzene rings is 1. The van der Waals surface area contributed by atoms with E-state index in [1.54, 1.807) is 42.6 Å². The van der Waals surface area contributed by atoms with Crippen molar-refractivity contribution < 1.29 is 9.18 Å². The van der Waals surface area contributed by atoms with Gasteiger partial charge in [0.2, 0.25) is 0 Å². The minimum absolute atomic E-state index is 0.0139. The molecule has 1 aliphatic carbocycles. The standard InChI is InChI=1S/C23H24FN3O2/c1-15-7-2-5-11-20(15)26-22(28)18-13-16-9-6-12-25-21(16)27(23(18)29)14-17-8-3-4-10-19(17)24/h3-4,6,8-10,12-13,15,20H,2,5,7,11,14H2,1H3,(H,26,28)/t15-,20+/m0/s1. The Morgan fingerprint density at radius 3 is 2.79 bits per heavy atom. The number of hydrogen-bond acceptors (Lipinski definition) is 3. The summed E-state index contributed by atoms with van der Waals surface area (Å²) >= 11 is 0. The number of pyridine rings is 2. The Labute approximate surface area is 168 Å². The van der Waals surface area contributed by atoms with Gasteiger partial charge in [0.15, 0.2) is 0 Å². The highest BCUT2D eigenvalue weighted by Crippen LogP contribution is 2.24. The van der Waals surface area contributed by atoms with E-state index in [1.165, 1.54) is 17.1 Å². The molecule has 1 amide bonds. The maximum absolute atomic E-state index is 14.2. The molecule has 0 bridgehead atoms. The summed E-state index contributed by atoms with van der Waals surface area (Å²) in [6, 6.07) is 11.5. The third-order valence-electron chi connectivity index (χ3n) is 5.81. The number of nitrogens with zero attached hydrogens (tertiary/aromatic N) is 2. The summed E-state index contributed by atoms with van der Waals surface area (Å²) < 4.78 is 15.6. The molecule has 0 unspecified atom stereocenters. The van der Waals surface area contributed by atoms with E-state index in [1.807, 2.05) is 0 Å². The molecule has 5 nitrogen and oxygen atoms in total. The molecular formula is C23H24FN3O2. The van der Waals surface area contributed by atoms with Crippen LogP contribution in [0.3, 0.4) is 0 Å². The van der Waals surface area contributed by atoms with Crippen LogP contribution in [0, 0.1) is 11.7 Å². The largest absolute Gasteiger partial charge is 0.349 e. The van der Waals surface area contributed by atoms with Gasteiger partial charge in [-0.3, -0.25) is 14.2 Å². The van der Waals surface area contributed by atoms with E-state index < -0.39 is 11.4 Å². The molecule has 1 N–H and O–H groups in total. The van der Waals surface area contributed by atoms with Gasteiger partial charge >= 0.3 is 0 Å². The number of nitrogens with one attached hydrogen (secondary N) is 1. The van der Waals surface area contributed by atoms with Gasteiger partial charge in [0, 0.05) is 23.2 Å². The molecular weight excluding hydrogens is 369 g/mol. The van der Waals surface area contributed by atoms with Crippen LogP contribution in [0.1, 0.15) is 48.5 Å². The number of aromatic nitrogens is 2. The van der Waals surface area contributed by atoms with Gasteiger partial charge in [-0.15, -0.1) is 0 Å². The fourth-order valence-electron chi connectivity index (χ4n) is 4.09. The van der Waals surface area contributed by atoms with Crippen LogP contribution < -0.4 is 10.9 Å². The Kier molecular flexibility index (Phi) is 5.43. The second-order valence-corrected chi connectivity index (χ2v) is 7.80. The van der Waals surface area contributed by atoms with Gasteiger partial charge < -0.3 is 5.32 Å². The molecule has 0 radical (unpaired) electrons. The topological polar surface area (TPSA) is 64.0 Å². The molecule has 4 rings (SSSR count). The lowest BCUT2D eigenvalue weighted by atomic mass is 9.86. The van der Waals surface area contributed by atoms with Crippen molar-refractivity contribution in [3.05, 3.63) is 76.0 Å². The summed E-state index contributed by atoms with van der Waals surface area (Å²) in [5.41, 5.74) is 0.420. The summed E-state index contributed by atoms with van der Waals surface area (Å²) in [5, 5.41) is 3.72. The molecule has 1 saturated carbocycles. The fraction of sp³-hybridized carbons (Fsp3) is 0.348. The van der Waals surface area contributed by atoms with Gasteiger partial charge in [0.25, 0.3) is 11.5 Å². The molecule has 3 aromatic rings. The zero-order chi connectivity index (χ0) is 20.4. The summed E-state index contributed by atoms with van der Waals surface area (Å²) in [4.78, 5) is 30.5. The molecule has 2 heterocycles. The number of halogens is 1. The van der Waals surface area contributed by atoms with Gasteiger partial charge in [0.05, 0.1) is 6.54 Å². The predicted octanol–water partition coefficient (Wildman–Crippen LogP) is 3.89. The van der Waals surface area contributed by atoms with Crippen molar-refractivity contribution in [2.45, 2.75) is 45.2 Å². The van der Waals surface area contributed by atoms with Crippen molar-refractivity contribution in [1.82, 2.24) is 14.9 Å². The van der Waals surface area contributed by atoms with E-state index in [4.69, 9.17) is 0 Å². The van der Waals surface area contributed by atoms with Gasteiger partial charge in [-0.1, -0.05) is 38.0 Å². The van der Waals surface area contributed by atoms with Crippen molar-refractivity contribution in [2.24, 2.45) is 5.92 Å². The van der Waals surface area contributed by atoms with Crippen LogP contribution in [-0.2, 0) is 6.54 Å². The summed E-state index contributed by atoms with van der Waals surface area (Å²) in [5.74, 6) is -0.383. The molecule has 1 fully saturated rings. The molecule has 1 aliphatic rings. The SMILES string of the molecule is C[C@H]1CCCC[C@H]1NC(=O)c1cc2cccnc2n(Cc2ccccc2F)c1=O. The van der Waals surface area contributed by atoms with Crippen molar-refractivity contribution in [3.63, 3.8) is 0 Å². The lowest BCUT2D eigenvalue weighted by Gasteiger charge is -2.29. The third kappa shape index (κ3) is 3.92. The number of carbonyl (C=O) groups is 1. The number of amides is 1. The van der Waals surface area contributed by atoms with Crippen molar-refractivity contribution in [2.75, 3.05) is 0 Å². The van der Waals surface area contributed by atoms with Gasteiger partial charge in [-0.2, -0.15) is 0 Å². The van der Waals surface area contributed by atoms with Crippen molar-refractivity contribution in [3.8, 4) is 0 Å². The number of hydrogen-bond donors (Lipinski definition) is 1. The average Bonchev–Trinajstić information content (AvgIpc) is 2.73. The van der Waals surface area contributed by atoms with Crippen LogP contribution in [-0.4, -0.2) is 21.5 Å². The van der Waals surface area contributed by atoms with Crippen LogP contribution in [0.5, 0.6) is 0 Å². The van der Waals surface area contributed by atoms with E-state index in [0.29, 0.717) is 22.5 Å². The van der Waals surface area contributed by atoms with E-state index >= 15 is 0 Å². The Hall–Kier alpha value is -3.02. The third-order valence-corrected chi connectivity index (χ3v) is 5.81. The number of fused-ring (bicyclic) bond motifs is 1. The van der Waals surface area contributed by atoms with Crippen LogP contribution in [0.4, 0.5) is 4.39 Å². The number of carbonyl (C=O) groups excluding carboxylic acids is 1. The molecule has 2 atom stereocenters. The smallest absolute Gasteiger partial charge is 0.265 e. The Morgan fingerprint density at radius 2 is 2.00 bits per heavy atom. The molecule has 6 heteroatoms. The first-order valence-electron chi connectivity index (χ1n) is 10.1. The van der Waals surface area contributed by atoms with Crippen LogP contribution >= 0.6 is 0 Å². The van der Waals surface area contributed by atoms with Gasteiger partial charge in [-0.05, 0) is 43.0 Å². The minimum atomic E-state index is -0.458. The molecule has 29 heavy (non-hydrogen) atoms. The van der Waals surface area contributed by atoms with Gasteiger partial charge in [0.1, 0.15) is 17.0 Å². The first-order valence-corrected chi connectivity index (χ1v) is 10.1. The van der Waals surface area contributed by atoms with Crippen molar-refractivity contribution >= 4 is 16.9 Å². The highest BCUT2D eigenvalue weighted by molar-refractivity contribution is 5.97. The second kappa shape index (κ2) is 8.15. The highest BCUT2D eigenvalue weighted by Gasteiger charge is 2.25. The maximum Gasteiger partial charge on any atom is 0.265 e. The molecule has 1 aromatic carbocycles. The quantitative estimate of drug-likeness (QED) is 0.731. The first kappa shape index (κ1) is 19.3. The second-order valence-electron chi connectivity index (χ2n) is 7.80. The number of rotatable bonds is 4. The van der Waals surface area contributed by atoms with E-state index in [2.05, 4.69) is 17.2 Å². The Bertz CT molecular complexity index is 1110. The molecule has 0 spiro atoms. The normalized spacial score (nSPS) is 19.2. The summed E-state index contributed by atoms with van der Waals surface area (Å²) in [7, 11) is 0. The summed E-state index contributed by atoms with van der Waals surface area (Å²) in [6.07, 6.45) is 5.83. The zero-order valence-electron chi connectivity index (χ0n) is 16.4. The van der Waals surface area contributed by atoms with E-state index in [0.717, 1.165) is 19.3 Å². The predicted molar refractivity (Wildman–Crippen MR) is 110 cm³/mol. The van der Waals surface area contributed by atoms with Crippen molar-refractivity contribution in [1.29, 1.82) is 0 Å². The maximum atomic E-state index is 14.2. The lowest BCUT2D eigenvalue weighted by molar-refractivity contribution is 0.0908. The van der Waals surface area contributed by atoms with E-state index in [9.17, 15) is 14.0 Å². The Balaban J connectivity index is 1.75. The Morgan fingerprint density at radius 1 is 1.21 bits per heavy atom. The molecule has 0 saturated heterocycles. The van der Waals surface area contributed by atoms with Crippen LogP contribution in [0.2, 0.25) is 0 Å². The first-order chi connectivity index (χ1) is 14.0. The molecule has 150 valence electrons.